The van der Waals surface area contributed by atoms with Crippen LogP contribution in [0.4, 0.5) is 23.1 Å². The maximum absolute atomic E-state index is 13.3. The minimum Gasteiger partial charge on any atom is -0.495 e. The van der Waals surface area contributed by atoms with E-state index in [4.69, 9.17) is 28.7 Å². The maximum Gasteiger partial charge on any atom is 0.285 e. The number of likely N-dealkylation sites (N-methyl/N-ethyl adjacent to an activating group) is 1. The topological polar surface area (TPSA) is 246 Å². The van der Waals surface area contributed by atoms with Gasteiger partial charge in [-0.2, -0.15) is 4.98 Å². The summed E-state index contributed by atoms with van der Waals surface area (Å²) < 4.78 is 28.5. The Labute approximate surface area is 387 Å². The third-order valence-electron chi connectivity index (χ3n) is 12.3. The van der Waals surface area contributed by atoms with Gasteiger partial charge in [0.1, 0.15) is 23.2 Å². The molecule has 1 aromatic heterocycles. The molecule has 2 fully saturated rings. The second-order valence-electron chi connectivity index (χ2n) is 16.5. The van der Waals surface area contributed by atoms with E-state index in [-0.39, 0.29) is 47.6 Å². The second kappa shape index (κ2) is 22.3. The molecule has 21 nitrogen and oxygen atoms in total. The van der Waals surface area contributed by atoms with Gasteiger partial charge < -0.3 is 44.5 Å². The normalized spacial score (nSPS) is 18.5. The number of amides is 7. The molecule has 67 heavy (non-hydrogen) atoms. The van der Waals surface area contributed by atoms with E-state index in [1.54, 1.807) is 36.3 Å². The van der Waals surface area contributed by atoms with E-state index >= 15 is 0 Å². The van der Waals surface area contributed by atoms with E-state index in [1.807, 2.05) is 0 Å². The lowest BCUT2D eigenvalue weighted by Crippen LogP contribution is -2.64. The number of hydrogen-bond acceptors (Lipinski definition) is 15. The number of aromatic nitrogens is 2. The van der Waals surface area contributed by atoms with Crippen LogP contribution in [0.5, 0.6) is 11.5 Å². The number of anilines is 3. The third kappa shape index (κ3) is 10.9. The fraction of sp³-hybridized carbons (Fsp3) is 0.500. The highest BCUT2D eigenvalue weighted by molar-refractivity contribution is 6.24. The number of fused-ring (bicyclic) bond motifs is 3. The zero-order valence-corrected chi connectivity index (χ0v) is 38.1. The van der Waals surface area contributed by atoms with Gasteiger partial charge in [0.05, 0.1) is 69.6 Å². The Morgan fingerprint density at radius 1 is 0.881 bits per heavy atom. The number of nitrogens with zero attached hydrogens (tertiary/aromatic N) is 5. The summed E-state index contributed by atoms with van der Waals surface area (Å²) >= 11 is 0. The molecule has 1 spiro atoms. The highest BCUT2D eigenvalue weighted by Crippen LogP contribution is 2.44. The lowest BCUT2D eigenvalue weighted by Gasteiger charge is -2.45. The van der Waals surface area contributed by atoms with Crippen LogP contribution < -0.4 is 40.1 Å². The first-order valence-electron chi connectivity index (χ1n) is 22.7. The molecule has 2 atom stereocenters. The molecule has 5 heterocycles. The Morgan fingerprint density at radius 2 is 1.58 bits per heavy atom. The Kier molecular flexibility index (Phi) is 16.1. The minimum atomic E-state index is -1.11. The number of piperidine rings is 1. The van der Waals surface area contributed by atoms with Crippen molar-refractivity contribution in [2.75, 3.05) is 96.8 Å². The van der Waals surface area contributed by atoms with Crippen LogP contribution in [0.3, 0.4) is 0 Å². The van der Waals surface area contributed by atoms with Crippen LogP contribution in [0.25, 0.3) is 0 Å². The largest absolute Gasteiger partial charge is 0.495 e. The summed E-state index contributed by atoms with van der Waals surface area (Å²) in [7, 11) is 3.31. The summed E-state index contributed by atoms with van der Waals surface area (Å²) in [6, 6.07) is 8.28. The van der Waals surface area contributed by atoms with Crippen molar-refractivity contribution >= 4 is 64.5 Å². The van der Waals surface area contributed by atoms with Gasteiger partial charge in [-0.25, -0.2) is 4.98 Å². The van der Waals surface area contributed by atoms with Gasteiger partial charge in [-0.05, 0) is 49.6 Å². The Hall–Kier alpha value is -6.55. The zero-order chi connectivity index (χ0) is 47.5. The zero-order valence-electron chi connectivity index (χ0n) is 38.1. The van der Waals surface area contributed by atoms with Crippen LogP contribution in [0.2, 0.25) is 0 Å². The van der Waals surface area contributed by atoms with Crippen LogP contribution in [0.1, 0.15) is 82.9 Å². The quantitative estimate of drug-likeness (QED) is 0.0605. The van der Waals surface area contributed by atoms with E-state index in [0.29, 0.717) is 93.0 Å². The SMILES string of the molecule is CC[C@@H]1C(=O)N(C)c2cnc(Nc3ccc(C(=O)NCCCOCCOCCOCCCNC(=O)COc4cccc5c4C(=O)N(C4CCC(=O)NC4=O)C5=O)cc3OC)nc2[N+]12CCCC2. The van der Waals surface area contributed by atoms with Crippen molar-refractivity contribution in [1.82, 2.24) is 35.3 Å². The van der Waals surface area contributed by atoms with Gasteiger partial charge in [0.15, 0.2) is 12.6 Å². The summed E-state index contributed by atoms with van der Waals surface area (Å²) in [6.07, 6.45) is 5.66. The lowest BCUT2D eigenvalue weighted by molar-refractivity contribution is -0.136. The molecule has 0 bridgehead atoms. The number of rotatable bonds is 23. The fourth-order valence-electron chi connectivity index (χ4n) is 8.92. The van der Waals surface area contributed by atoms with Gasteiger partial charge >= 0.3 is 0 Å². The molecule has 0 radical (unpaired) electrons. The van der Waals surface area contributed by atoms with Crippen LogP contribution >= 0.6 is 0 Å². The van der Waals surface area contributed by atoms with E-state index in [2.05, 4.69) is 33.2 Å². The molecule has 7 amide bonds. The summed E-state index contributed by atoms with van der Waals surface area (Å²) in [4.78, 5) is 101. The predicted molar refractivity (Wildman–Crippen MR) is 242 cm³/mol. The molecule has 1 unspecified atom stereocenters. The van der Waals surface area contributed by atoms with Crippen molar-refractivity contribution in [1.29, 1.82) is 0 Å². The third-order valence-corrected chi connectivity index (χ3v) is 12.3. The first-order chi connectivity index (χ1) is 32.5. The first kappa shape index (κ1) is 48.4. The summed E-state index contributed by atoms with van der Waals surface area (Å²) in [5.41, 5.74) is 1.80. The van der Waals surface area contributed by atoms with Crippen LogP contribution in [0.15, 0.2) is 42.6 Å². The summed E-state index contributed by atoms with van der Waals surface area (Å²) in [5, 5.41) is 11.0. The molecule has 21 heteroatoms. The molecule has 2 saturated heterocycles. The van der Waals surface area contributed by atoms with Gasteiger partial charge in [0.25, 0.3) is 35.4 Å². The fourth-order valence-corrected chi connectivity index (χ4v) is 8.92. The number of ether oxygens (including phenoxy) is 5. The highest BCUT2D eigenvalue weighted by atomic mass is 16.5. The average molecular weight is 929 g/mol. The van der Waals surface area contributed by atoms with Gasteiger partial charge in [-0.1, -0.05) is 13.0 Å². The molecule has 7 rings (SSSR count). The number of benzene rings is 2. The molecular formula is C46H58N9O12+. The van der Waals surface area contributed by atoms with E-state index < -0.39 is 42.2 Å². The van der Waals surface area contributed by atoms with Crippen molar-refractivity contribution in [2.24, 2.45) is 0 Å². The molecule has 4 aliphatic heterocycles. The number of quaternary nitrogens is 1. The maximum atomic E-state index is 13.3. The molecule has 4 N–H and O–H groups in total. The van der Waals surface area contributed by atoms with Crippen molar-refractivity contribution in [2.45, 2.75) is 64.0 Å². The highest BCUT2D eigenvalue weighted by Gasteiger charge is 2.53. The Bertz CT molecular complexity index is 2360. The first-order valence-corrected chi connectivity index (χ1v) is 22.7. The number of carbonyl (C=O) groups is 7. The number of methoxy groups -OCH3 is 1. The second-order valence-corrected chi connectivity index (χ2v) is 16.5. The van der Waals surface area contributed by atoms with E-state index in [9.17, 15) is 33.6 Å². The molecular weight excluding hydrogens is 871 g/mol. The average Bonchev–Trinajstić information content (AvgIpc) is 3.91. The monoisotopic (exact) mass is 928 g/mol. The Balaban J connectivity index is 0.717. The van der Waals surface area contributed by atoms with Gasteiger partial charge in [-0.3, -0.25) is 48.3 Å². The number of hydrogen-bond donors (Lipinski definition) is 4. The number of nitrogens with one attached hydrogen (secondary N) is 4. The lowest BCUT2D eigenvalue weighted by atomic mass is 10.0. The smallest absolute Gasteiger partial charge is 0.285 e. The Morgan fingerprint density at radius 3 is 2.27 bits per heavy atom. The summed E-state index contributed by atoms with van der Waals surface area (Å²) in [5.74, 6) is -1.41. The van der Waals surface area contributed by atoms with Gasteiger partial charge in [-0.15, -0.1) is 0 Å². The minimum absolute atomic E-state index is 0.00517. The van der Waals surface area contributed by atoms with Crippen molar-refractivity contribution in [3.05, 3.63) is 59.3 Å². The summed E-state index contributed by atoms with van der Waals surface area (Å²) in [6.45, 7) is 6.39. The standard InChI is InChI=1S/C46H57N9O12/c1-4-34-44(61)53(2)33-27-49-46(52-40(33)55(34)18-5-6-19-55)50-31-13-12-29(26-36(31)63-3)41(58)48-17-9-21-65-23-25-66-24-22-64-20-8-16-47-38(57)28-67-35-11-7-10-30-39(35)45(62)54(43(30)60)32-14-15-37(56)51-42(32)59/h7,10-13,26-27,32,34H,4-6,8-9,14-25,28H2,1-3H3,(H3-,47,48,49,50,51,52,56,57,58,59)/p+1/t32?,34-/m1/s1. The van der Waals surface area contributed by atoms with Crippen molar-refractivity contribution < 1.29 is 57.2 Å². The molecule has 0 saturated carbocycles. The number of imide groups is 2. The van der Waals surface area contributed by atoms with Crippen molar-refractivity contribution in [3.8, 4) is 11.5 Å². The van der Waals surface area contributed by atoms with Crippen LogP contribution in [-0.4, -0.2) is 155 Å². The van der Waals surface area contributed by atoms with Gasteiger partial charge in [0, 0.05) is 64.6 Å². The number of carbonyl (C=O) groups excluding carboxylic acids is 7. The van der Waals surface area contributed by atoms with Crippen LogP contribution in [-0.2, 0) is 33.4 Å². The predicted octanol–water partition coefficient (Wildman–Crippen LogP) is 2.24. The molecule has 4 aliphatic rings. The van der Waals surface area contributed by atoms with Crippen LogP contribution in [0, 0.1) is 0 Å². The molecule has 358 valence electrons. The van der Waals surface area contributed by atoms with Crippen molar-refractivity contribution in [3.63, 3.8) is 0 Å². The molecule has 0 aliphatic carbocycles. The van der Waals surface area contributed by atoms with Gasteiger partial charge in [0.2, 0.25) is 17.8 Å². The van der Waals surface area contributed by atoms with E-state index in [0.717, 1.165) is 48.8 Å². The molecule has 2 aromatic carbocycles. The molecule has 3 aromatic rings. The van der Waals surface area contributed by atoms with E-state index in [1.165, 1.54) is 25.3 Å².